The third kappa shape index (κ3) is 4.09. The second-order valence-corrected chi connectivity index (χ2v) is 6.78. The second-order valence-electron chi connectivity index (χ2n) is 4.71. The lowest BCUT2D eigenvalue weighted by Gasteiger charge is -2.04. The second kappa shape index (κ2) is 8.51. The van der Waals surface area contributed by atoms with Crippen LogP contribution in [-0.2, 0) is 0 Å². The Morgan fingerprint density at radius 3 is 1.35 bits per heavy atom. The van der Waals surface area contributed by atoms with Crippen LogP contribution in [-0.4, -0.2) is 10.2 Å². The molecule has 0 saturated carbocycles. The summed E-state index contributed by atoms with van der Waals surface area (Å²) in [6.07, 6.45) is 0. The van der Waals surface area contributed by atoms with Gasteiger partial charge in [0.1, 0.15) is 0 Å². The Morgan fingerprint density at radius 1 is 0.654 bits per heavy atom. The van der Waals surface area contributed by atoms with Gasteiger partial charge < -0.3 is 0 Å². The van der Waals surface area contributed by atoms with E-state index in [1.165, 1.54) is 36.4 Å². The quantitative estimate of drug-likeness (QED) is 0.730. The van der Waals surface area contributed by atoms with E-state index in [0.29, 0.717) is 21.6 Å². The highest BCUT2D eigenvalue weighted by Crippen LogP contribution is 2.31. The van der Waals surface area contributed by atoms with Crippen LogP contribution in [0.1, 0.15) is 43.0 Å². The van der Waals surface area contributed by atoms with Gasteiger partial charge in [-0.2, -0.15) is 21.0 Å². The standard InChI is InChI=1S/C18H6N4O2S2/c19-7-11-1-3-15(13(5-11)9-21)17(23)25-26-18(24)16-4-2-12(8-20)6-14(16)10-22/h1-6H. The summed E-state index contributed by atoms with van der Waals surface area (Å²) in [6, 6.07) is 15.6. The van der Waals surface area contributed by atoms with E-state index in [-0.39, 0.29) is 33.4 Å². The summed E-state index contributed by atoms with van der Waals surface area (Å²) in [4.78, 5) is 24.5. The molecule has 0 fully saturated rings. The topological polar surface area (TPSA) is 129 Å². The van der Waals surface area contributed by atoms with Gasteiger partial charge in [-0.1, -0.05) is 0 Å². The predicted molar refractivity (Wildman–Crippen MR) is 95.6 cm³/mol. The fourth-order valence-electron chi connectivity index (χ4n) is 1.93. The molecule has 2 aromatic rings. The van der Waals surface area contributed by atoms with Crippen molar-refractivity contribution in [2.75, 3.05) is 0 Å². The number of carbonyl (C=O) groups excluding carboxylic acids is 2. The minimum Gasteiger partial charge on any atom is -0.281 e. The van der Waals surface area contributed by atoms with Gasteiger partial charge in [-0.3, -0.25) is 9.59 Å². The molecule has 122 valence electrons. The van der Waals surface area contributed by atoms with E-state index >= 15 is 0 Å². The van der Waals surface area contributed by atoms with E-state index in [2.05, 4.69) is 0 Å². The van der Waals surface area contributed by atoms with Gasteiger partial charge in [-0.25, -0.2) is 0 Å². The molecule has 0 atom stereocenters. The molecule has 0 spiro atoms. The van der Waals surface area contributed by atoms with E-state index in [4.69, 9.17) is 21.0 Å². The van der Waals surface area contributed by atoms with Crippen LogP contribution in [0.15, 0.2) is 36.4 Å². The van der Waals surface area contributed by atoms with E-state index in [9.17, 15) is 9.59 Å². The molecule has 0 N–H and O–H groups in total. The monoisotopic (exact) mass is 374 g/mol. The van der Waals surface area contributed by atoms with Crippen molar-refractivity contribution in [3.05, 3.63) is 69.8 Å². The van der Waals surface area contributed by atoms with Gasteiger partial charge in [-0.05, 0) is 58.0 Å². The van der Waals surface area contributed by atoms with Gasteiger partial charge in [0.15, 0.2) is 0 Å². The first-order chi connectivity index (χ1) is 12.5. The maximum absolute atomic E-state index is 12.3. The van der Waals surface area contributed by atoms with Crippen LogP contribution in [0.4, 0.5) is 0 Å². The normalized spacial score (nSPS) is 9.23. The molecule has 0 amide bonds. The molecule has 26 heavy (non-hydrogen) atoms. The molecule has 0 aliphatic heterocycles. The molecule has 0 bridgehead atoms. The number of nitriles is 4. The summed E-state index contributed by atoms with van der Waals surface area (Å²) < 4.78 is 0. The van der Waals surface area contributed by atoms with E-state index in [1.54, 1.807) is 0 Å². The minimum absolute atomic E-state index is 0.0469. The van der Waals surface area contributed by atoms with E-state index in [0.717, 1.165) is 0 Å². The Hall–Kier alpha value is -3.56. The molecule has 2 aromatic carbocycles. The van der Waals surface area contributed by atoms with Gasteiger partial charge in [0.05, 0.1) is 46.5 Å². The van der Waals surface area contributed by atoms with Crippen LogP contribution >= 0.6 is 21.6 Å². The van der Waals surface area contributed by atoms with Gasteiger partial charge in [0.25, 0.3) is 0 Å². The first kappa shape index (κ1) is 18.8. The zero-order valence-corrected chi connectivity index (χ0v) is 14.5. The first-order valence-electron chi connectivity index (χ1n) is 6.85. The fourth-order valence-corrected chi connectivity index (χ4v) is 3.61. The molecule has 2 rings (SSSR count). The maximum atomic E-state index is 12.3. The highest BCUT2D eigenvalue weighted by Gasteiger charge is 2.18. The molecule has 0 unspecified atom stereocenters. The molecular formula is C18H6N4O2S2. The molecule has 8 heteroatoms. The third-order valence-electron chi connectivity index (χ3n) is 3.17. The van der Waals surface area contributed by atoms with Crippen LogP contribution in [0.2, 0.25) is 0 Å². The summed E-state index contributed by atoms with van der Waals surface area (Å²) in [5.74, 6) is 0. The van der Waals surface area contributed by atoms with Crippen molar-refractivity contribution in [1.82, 2.24) is 0 Å². The number of hydrogen-bond acceptors (Lipinski definition) is 8. The zero-order chi connectivity index (χ0) is 19.1. The highest BCUT2D eigenvalue weighted by atomic mass is 33.1. The zero-order valence-electron chi connectivity index (χ0n) is 12.9. The van der Waals surface area contributed by atoms with Crippen molar-refractivity contribution >= 4 is 31.8 Å². The lowest BCUT2D eigenvalue weighted by atomic mass is 10.1. The number of hydrogen-bond donors (Lipinski definition) is 0. The summed E-state index contributed by atoms with van der Waals surface area (Å²) in [6.45, 7) is 0. The van der Waals surface area contributed by atoms with Crippen molar-refractivity contribution in [1.29, 1.82) is 21.0 Å². The molecule has 0 heterocycles. The Kier molecular flexibility index (Phi) is 6.15. The summed E-state index contributed by atoms with van der Waals surface area (Å²) in [5.41, 5.74) is 0.789. The summed E-state index contributed by atoms with van der Waals surface area (Å²) in [7, 11) is 1.25. The van der Waals surface area contributed by atoms with Crippen molar-refractivity contribution in [2.24, 2.45) is 0 Å². The van der Waals surface area contributed by atoms with Crippen molar-refractivity contribution in [3.63, 3.8) is 0 Å². The number of benzene rings is 2. The Balaban J connectivity index is 2.17. The van der Waals surface area contributed by atoms with Gasteiger partial charge >= 0.3 is 0 Å². The Bertz CT molecular complexity index is 995. The van der Waals surface area contributed by atoms with Crippen molar-refractivity contribution in [2.45, 2.75) is 0 Å². The number of nitrogens with zero attached hydrogens (tertiary/aromatic N) is 4. The third-order valence-corrected chi connectivity index (χ3v) is 5.16. The molecule has 0 radical (unpaired) electrons. The first-order valence-corrected chi connectivity index (χ1v) is 9.00. The van der Waals surface area contributed by atoms with Crippen LogP contribution < -0.4 is 0 Å². The number of rotatable bonds is 2. The molecule has 6 nitrogen and oxygen atoms in total. The predicted octanol–water partition coefficient (Wildman–Crippen LogP) is 3.54. The average molecular weight is 374 g/mol. The minimum atomic E-state index is -0.517. The SMILES string of the molecule is N#Cc1ccc(C(=O)SSC(=O)c2ccc(C#N)cc2C#N)c(C#N)c1. The van der Waals surface area contributed by atoms with Crippen molar-refractivity contribution < 1.29 is 9.59 Å². The molecular weight excluding hydrogens is 368 g/mol. The summed E-state index contributed by atoms with van der Waals surface area (Å²) >= 11 is 0. The molecule has 0 saturated heterocycles. The largest absolute Gasteiger partial charge is 0.281 e. The Labute approximate surface area is 156 Å². The van der Waals surface area contributed by atoms with Crippen LogP contribution in [0.25, 0.3) is 0 Å². The summed E-state index contributed by atoms with van der Waals surface area (Å²) in [5, 5.41) is 34.8. The van der Waals surface area contributed by atoms with E-state index < -0.39 is 10.2 Å². The maximum Gasteiger partial charge on any atom is 0.231 e. The van der Waals surface area contributed by atoms with E-state index in [1.807, 2.05) is 24.3 Å². The smallest absolute Gasteiger partial charge is 0.231 e. The van der Waals surface area contributed by atoms with Gasteiger partial charge in [-0.15, -0.1) is 0 Å². The fraction of sp³-hybridized carbons (Fsp3) is 0. The average Bonchev–Trinajstić information content (AvgIpc) is 2.70. The van der Waals surface area contributed by atoms with Crippen LogP contribution in [0.5, 0.6) is 0 Å². The molecule has 0 aromatic heterocycles. The van der Waals surface area contributed by atoms with Crippen molar-refractivity contribution in [3.8, 4) is 24.3 Å². The van der Waals surface area contributed by atoms with Crippen LogP contribution in [0.3, 0.4) is 0 Å². The lowest BCUT2D eigenvalue weighted by Crippen LogP contribution is -2.00. The highest BCUT2D eigenvalue weighted by molar-refractivity contribution is 8.87. The van der Waals surface area contributed by atoms with Gasteiger partial charge in [0, 0.05) is 11.1 Å². The molecule has 0 aliphatic carbocycles. The number of carbonyl (C=O) groups is 2. The lowest BCUT2D eigenvalue weighted by molar-refractivity contribution is 0.107. The molecule has 0 aliphatic rings. The Morgan fingerprint density at radius 2 is 1.04 bits per heavy atom. The van der Waals surface area contributed by atoms with Gasteiger partial charge in [0.2, 0.25) is 10.2 Å². The van der Waals surface area contributed by atoms with Crippen LogP contribution in [0, 0.1) is 45.3 Å².